The van der Waals surface area contributed by atoms with Crippen LogP contribution in [0.1, 0.15) is 44.3 Å². The predicted molar refractivity (Wildman–Crippen MR) is 71.8 cm³/mol. The highest BCUT2D eigenvalue weighted by Gasteiger charge is 2.32. The molecule has 0 spiro atoms. The summed E-state index contributed by atoms with van der Waals surface area (Å²) in [5.74, 6) is 1.45. The van der Waals surface area contributed by atoms with Gasteiger partial charge in [0.2, 0.25) is 5.89 Å². The van der Waals surface area contributed by atoms with E-state index >= 15 is 0 Å². The van der Waals surface area contributed by atoms with E-state index in [1.165, 1.54) is 0 Å². The van der Waals surface area contributed by atoms with Crippen molar-refractivity contribution >= 4 is 9.84 Å². The maximum absolute atomic E-state index is 11.4. The minimum atomic E-state index is -2.90. The number of sulfone groups is 1. The van der Waals surface area contributed by atoms with E-state index in [0.717, 1.165) is 19.4 Å². The van der Waals surface area contributed by atoms with Gasteiger partial charge in [-0.3, -0.25) is 0 Å². The molecule has 1 aliphatic heterocycles. The van der Waals surface area contributed by atoms with E-state index in [4.69, 9.17) is 4.52 Å². The average molecular weight is 287 g/mol. The molecule has 19 heavy (non-hydrogen) atoms. The van der Waals surface area contributed by atoms with E-state index in [-0.39, 0.29) is 17.4 Å². The first-order valence-electron chi connectivity index (χ1n) is 6.76. The second-order valence-corrected chi connectivity index (χ2v) is 7.37. The lowest BCUT2D eigenvalue weighted by molar-refractivity contribution is 0.361. The Bertz CT molecular complexity index is 512. The molecular weight excluding hydrogens is 266 g/mol. The minimum Gasteiger partial charge on any atom is -0.339 e. The van der Waals surface area contributed by atoms with Gasteiger partial charge >= 0.3 is 0 Å². The van der Waals surface area contributed by atoms with Crippen molar-refractivity contribution in [2.45, 2.75) is 45.1 Å². The largest absolute Gasteiger partial charge is 0.339 e. The first-order chi connectivity index (χ1) is 9.00. The van der Waals surface area contributed by atoms with Crippen LogP contribution in [0.25, 0.3) is 0 Å². The highest BCUT2D eigenvalue weighted by atomic mass is 32.2. The van der Waals surface area contributed by atoms with Gasteiger partial charge in [0.05, 0.1) is 11.5 Å². The molecule has 1 aromatic heterocycles. The van der Waals surface area contributed by atoms with Crippen molar-refractivity contribution in [3.05, 3.63) is 11.7 Å². The van der Waals surface area contributed by atoms with E-state index in [1.807, 2.05) is 0 Å². The molecule has 0 bridgehead atoms. The zero-order chi connectivity index (χ0) is 13.9. The van der Waals surface area contributed by atoms with Crippen molar-refractivity contribution in [2.75, 3.05) is 18.1 Å². The summed E-state index contributed by atoms with van der Waals surface area (Å²) in [6.07, 6.45) is 2.26. The summed E-state index contributed by atoms with van der Waals surface area (Å²) < 4.78 is 28.0. The molecule has 0 saturated carbocycles. The molecule has 108 valence electrons. The molecule has 1 aromatic rings. The van der Waals surface area contributed by atoms with Crippen molar-refractivity contribution < 1.29 is 12.9 Å². The summed E-state index contributed by atoms with van der Waals surface area (Å²) in [5.41, 5.74) is 0. The van der Waals surface area contributed by atoms with Crippen LogP contribution in [0.4, 0.5) is 0 Å². The Morgan fingerprint density at radius 1 is 1.53 bits per heavy atom. The minimum absolute atomic E-state index is 0.0892. The molecule has 1 N–H and O–H groups in total. The summed E-state index contributed by atoms with van der Waals surface area (Å²) in [4.78, 5) is 4.32. The fourth-order valence-electron chi connectivity index (χ4n) is 2.32. The van der Waals surface area contributed by atoms with Crippen LogP contribution in [0.15, 0.2) is 4.52 Å². The summed E-state index contributed by atoms with van der Waals surface area (Å²) in [7, 11) is -2.90. The Morgan fingerprint density at radius 2 is 2.32 bits per heavy atom. The Morgan fingerprint density at radius 3 is 2.95 bits per heavy atom. The van der Waals surface area contributed by atoms with Gasteiger partial charge in [0.25, 0.3) is 0 Å². The Balaban J connectivity index is 1.89. The fourth-order valence-corrected chi connectivity index (χ4v) is 4.06. The summed E-state index contributed by atoms with van der Waals surface area (Å²) in [6.45, 7) is 5.13. The lowest BCUT2D eigenvalue weighted by Gasteiger charge is -2.09. The summed E-state index contributed by atoms with van der Waals surface area (Å²) in [5, 5.41) is 7.24. The first-order valence-corrected chi connectivity index (χ1v) is 8.58. The van der Waals surface area contributed by atoms with E-state index in [0.29, 0.717) is 24.2 Å². The number of hydrogen-bond acceptors (Lipinski definition) is 6. The smallest absolute Gasteiger partial charge is 0.226 e. The quantitative estimate of drug-likeness (QED) is 0.837. The van der Waals surface area contributed by atoms with Gasteiger partial charge in [-0.2, -0.15) is 4.98 Å². The third kappa shape index (κ3) is 4.01. The molecule has 0 amide bonds. The van der Waals surface area contributed by atoms with Gasteiger partial charge in [-0.05, 0) is 26.3 Å². The number of rotatable bonds is 6. The zero-order valence-electron chi connectivity index (χ0n) is 11.4. The lowest BCUT2D eigenvalue weighted by atomic mass is 10.1. The van der Waals surface area contributed by atoms with Gasteiger partial charge in [-0.15, -0.1) is 0 Å². The fraction of sp³-hybridized carbons (Fsp3) is 0.833. The molecule has 2 rings (SSSR count). The highest BCUT2D eigenvalue weighted by molar-refractivity contribution is 7.91. The Labute approximate surface area is 113 Å². The molecule has 6 nitrogen and oxygen atoms in total. The second-order valence-electron chi connectivity index (χ2n) is 5.14. The number of hydrogen-bond donors (Lipinski definition) is 1. The van der Waals surface area contributed by atoms with Crippen LogP contribution in [0.5, 0.6) is 0 Å². The molecule has 2 heterocycles. The van der Waals surface area contributed by atoms with Gasteiger partial charge in [0.1, 0.15) is 0 Å². The van der Waals surface area contributed by atoms with E-state index in [1.54, 1.807) is 0 Å². The van der Waals surface area contributed by atoms with Crippen LogP contribution in [-0.2, 0) is 16.3 Å². The van der Waals surface area contributed by atoms with Crippen molar-refractivity contribution in [3.63, 3.8) is 0 Å². The van der Waals surface area contributed by atoms with E-state index < -0.39 is 9.84 Å². The molecule has 1 saturated heterocycles. The first kappa shape index (κ1) is 14.5. The average Bonchev–Trinajstić information content (AvgIpc) is 2.93. The molecule has 7 heteroatoms. The number of nitrogens with zero attached hydrogens (tertiary/aromatic N) is 2. The molecule has 0 aliphatic carbocycles. The van der Waals surface area contributed by atoms with Crippen LogP contribution in [0, 0.1) is 0 Å². The van der Waals surface area contributed by atoms with Crippen LogP contribution in [0.3, 0.4) is 0 Å². The molecule has 1 aliphatic rings. The Kier molecular flexibility index (Phi) is 4.57. The molecule has 2 unspecified atom stereocenters. The van der Waals surface area contributed by atoms with Crippen molar-refractivity contribution in [3.8, 4) is 0 Å². The van der Waals surface area contributed by atoms with Gasteiger partial charge in [-0.25, -0.2) is 8.42 Å². The van der Waals surface area contributed by atoms with Gasteiger partial charge in [0, 0.05) is 18.4 Å². The zero-order valence-corrected chi connectivity index (χ0v) is 12.2. The third-order valence-electron chi connectivity index (χ3n) is 3.43. The van der Waals surface area contributed by atoms with Crippen LogP contribution < -0.4 is 5.32 Å². The molecule has 0 radical (unpaired) electrons. The summed E-state index contributed by atoms with van der Waals surface area (Å²) >= 11 is 0. The lowest BCUT2D eigenvalue weighted by Crippen LogP contribution is -2.25. The maximum atomic E-state index is 11.4. The van der Waals surface area contributed by atoms with Gasteiger partial charge < -0.3 is 9.84 Å². The summed E-state index contributed by atoms with van der Waals surface area (Å²) in [6, 6.07) is 0.409. The standard InChI is InChI=1S/C12H21N3O3S/c1-3-13-9(2)4-5-11-14-12(15-18-11)10-6-7-19(16,17)8-10/h9-10,13H,3-8H2,1-2H3. The normalized spacial score (nSPS) is 23.6. The van der Waals surface area contributed by atoms with Gasteiger partial charge in [-0.1, -0.05) is 12.1 Å². The van der Waals surface area contributed by atoms with Crippen molar-refractivity contribution in [1.29, 1.82) is 0 Å². The number of aryl methyl sites for hydroxylation is 1. The van der Waals surface area contributed by atoms with Crippen LogP contribution in [-0.4, -0.2) is 42.7 Å². The van der Waals surface area contributed by atoms with E-state index in [2.05, 4.69) is 29.3 Å². The SMILES string of the molecule is CCNC(C)CCc1nc(C2CCS(=O)(=O)C2)no1. The van der Waals surface area contributed by atoms with Gasteiger partial charge in [0.15, 0.2) is 15.7 Å². The Hall–Kier alpha value is -0.950. The maximum Gasteiger partial charge on any atom is 0.226 e. The van der Waals surface area contributed by atoms with Crippen molar-refractivity contribution in [1.82, 2.24) is 15.5 Å². The molecule has 1 fully saturated rings. The molecular formula is C12H21N3O3S. The number of aromatic nitrogens is 2. The van der Waals surface area contributed by atoms with E-state index in [9.17, 15) is 8.42 Å². The molecule has 2 atom stereocenters. The van der Waals surface area contributed by atoms with Crippen LogP contribution in [0.2, 0.25) is 0 Å². The van der Waals surface area contributed by atoms with Crippen LogP contribution >= 0.6 is 0 Å². The third-order valence-corrected chi connectivity index (χ3v) is 5.19. The van der Waals surface area contributed by atoms with Crippen molar-refractivity contribution in [2.24, 2.45) is 0 Å². The number of nitrogens with one attached hydrogen (secondary N) is 1. The monoisotopic (exact) mass is 287 g/mol. The predicted octanol–water partition coefficient (Wildman–Crippen LogP) is 0.902. The topological polar surface area (TPSA) is 85.1 Å². The highest BCUT2D eigenvalue weighted by Crippen LogP contribution is 2.26. The molecule has 0 aromatic carbocycles. The second kappa shape index (κ2) is 6.00.